The summed E-state index contributed by atoms with van der Waals surface area (Å²) in [5, 5.41) is 17.4. The van der Waals surface area contributed by atoms with Crippen LogP contribution in [0.2, 0.25) is 5.02 Å². The van der Waals surface area contributed by atoms with Gasteiger partial charge in [0.1, 0.15) is 11.5 Å². The van der Waals surface area contributed by atoms with Gasteiger partial charge < -0.3 is 10.1 Å². The maximum atomic E-state index is 12.6. The Balaban J connectivity index is 1.75. The van der Waals surface area contributed by atoms with Crippen LogP contribution in [0.15, 0.2) is 59.5 Å². The first-order valence-corrected chi connectivity index (χ1v) is 11.4. The summed E-state index contributed by atoms with van der Waals surface area (Å²) in [6, 6.07) is 16.4. The summed E-state index contributed by atoms with van der Waals surface area (Å²) >= 11 is 6.03. The van der Waals surface area contributed by atoms with Crippen LogP contribution >= 0.6 is 11.6 Å². The molecule has 0 saturated heterocycles. The van der Waals surface area contributed by atoms with E-state index in [-0.39, 0.29) is 17.2 Å². The Bertz CT molecular complexity index is 1350. The van der Waals surface area contributed by atoms with Crippen LogP contribution in [0.25, 0.3) is 0 Å². The van der Waals surface area contributed by atoms with Crippen LogP contribution in [0, 0.1) is 25.2 Å². The number of nitrogens with two attached hydrogens (primary N) is 1. The van der Waals surface area contributed by atoms with Gasteiger partial charge in [-0.1, -0.05) is 23.7 Å². The van der Waals surface area contributed by atoms with Crippen molar-refractivity contribution >= 4 is 33.2 Å². The number of nitriles is 1. The highest BCUT2D eigenvalue weighted by atomic mass is 35.5. The molecule has 0 unspecified atom stereocenters. The third-order valence-corrected chi connectivity index (χ3v) is 5.78. The number of ether oxygens (including phenoxy) is 1. The molecule has 32 heavy (non-hydrogen) atoms. The van der Waals surface area contributed by atoms with E-state index >= 15 is 0 Å². The fourth-order valence-electron chi connectivity index (χ4n) is 3.01. The largest absolute Gasteiger partial charge is 0.457 e. The highest BCUT2D eigenvalue weighted by Gasteiger charge is 2.13. The van der Waals surface area contributed by atoms with Gasteiger partial charge in [0, 0.05) is 10.7 Å². The number of rotatable bonds is 6. The molecule has 0 bridgehead atoms. The highest BCUT2D eigenvalue weighted by Crippen LogP contribution is 2.29. The molecule has 0 aliphatic heterocycles. The van der Waals surface area contributed by atoms with Crippen molar-refractivity contribution in [3.05, 3.63) is 81.9 Å². The summed E-state index contributed by atoms with van der Waals surface area (Å²) in [6.07, 6.45) is 0.0754. The van der Waals surface area contributed by atoms with E-state index in [0.717, 1.165) is 5.56 Å². The number of nitrogens with one attached hydrogen (secondary N) is 1. The molecule has 164 valence electrons. The van der Waals surface area contributed by atoms with Gasteiger partial charge >= 0.3 is 0 Å². The van der Waals surface area contributed by atoms with Gasteiger partial charge in [-0.15, -0.1) is 0 Å². The van der Waals surface area contributed by atoms with Crippen LogP contribution in [-0.4, -0.2) is 14.3 Å². The fraction of sp³-hybridized carbons (Fsp3) is 0.130. The van der Waals surface area contributed by atoms with Gasteiger partial charge in [0.05, 0.1) is 22.9 Å². The highest BCUT2D eigenvalue weighted by molar-refractivity contribution is 7.89. The lowest BCUT2D eigenvalue weighted by Gasteiger charge is -2.12. The number of anilines is 1. The van der Waals surface area contributed by atoms with Crippen LogP contribution in [0.4, 0.5) is 5.69 Å². The van der Waals surface area contributed by atoms with E-state index in [4.69, 9.17) is 26.7 Å². The molecule has 7 nitrogen and oxygen atoms in total. The fourth-order valence-corrected chi connectivity index (χ4v) is 3.83. The topological polar surface area (TPSA) is 122 Å². The Kier molecular flexibility index (Phi) is 6.84. The van der Waals surface area contributed by atoms with E-state index in [1.807, 2.05) is 25.1 Å². The molecule has 0 radical (unpaired) electrons. The number of hydrogen-bond donors (Lipinski definition) is 2. The molecule has 3 N–H and O–H groups in total. The lowest BCUT2D eigenvalue weighted by molar-refractivity contribution is -0.115. The third kappa shape index (κ3) is 5.86. The zero-order chi connectivity index (χ0) is 23.5. The Morgan fingerprint density at radius 1 is 1.09 bits per heavy atom. The minimum atomic E-state index is -3.81. The molecule has 3 aromatic carbocycles. The van der Waals surface area contributed by atoms with Crippen molar-refractivity contribution in [1.29, 1.82) is 5.26 Å². The Morgan fingerprint density at radius 2 is 1.84 bits per heavy atom. The number of carbonyl (C=O) groups excluding carboxylic acids is 1. The average molecular weight is 470 g/mol. The van der Waals surface area contributed by atoms with Crippen molar-refractivity contribution in [3.63, 3.8) is 0 Å². The van der Waals surface area contributed by atoms with Gasteiger partial charge in [0.25, 0.3) is 0 Å². The molecule has 0 fully saturated rings. The Hall–Kier alpha value is -3.38. The molecule has 9 heteroatoms. The summed E-state index contributed by atoms with van der Waals surface area (Å²) in [4.78, 5) is 12.5. The third-order valence-electron chi connectivity index (χ3n) is 4.65. The molecular formula is C23H20ClN3O4S. The second-order valence-corrected chi connectivity index (χ2v) is 9.23. The first-order valence-electron chi connectivity index (χ1n) is 9.46. The number of hydrogen-bond acceptors (Lipinski definition) is 5. The lowest BCUT2D eigenvalue weighted by Crippen LogP contribution is -2.16. The maximum Gasteiger partial charge on any atom is 0.238 e. The van der Waals surface area contributed by atoms with E-state index in [1.165, 1.54) is 18.2 Å². The first kappa shape index (κ1) is 23.3. The van der Waals surface area contributed by atoms with E-state index in [0.29, 0.717) is 38.9 Å². The number of primary sulfonamides is 1. The van der Waals surface area contributed by atoms with Gasteiger partial charge in [0.15, 0.2) is 0 Å². The number of halogens is 1. The molecule has 0 heterocycles. The number of nitrogens with zero attached hydrogens (tertiary/aromatic N) is 1. The van der Waals surface area contributed by atoms with Crippen LogP contribution in [0.1, 0.15) is 22.3 Å². The summed E-state index contributed by atoms with van der Waals surface area (Å²) in [5.74, 6) is 0.681. The smallest absolute Gasteiger partial charge is 0.238 e. The van der Waals surface area contributed by atoms with Crippen molar-refractivity contribution in [2.75, 3.05) is 5.32 Å². The monoisotopic (exact) mass is 469 g/mol. The normalized spacial score (nSPS) is 11.0. The molecule has 0 aliphatic carbocycles. The Morgan fingerprint density at radius 3 is 2.50 bits per heavy atom. The zero-order valence-electron chi connectivity index (χ0n) is 17.3. The molecule has 1 amide bonds. The predicted octanol–water partition coefficient (Wildman–Crippen LogP) is 4.45. The first-order chi connectivity index (χ1) is 15.0. The SMILES string of the molecule is Cc1cc(S(N)(=O)=O)ccc1NC(=O)Cc1ccc(C)c(Oc2cc(Cl)cc(C#N)c2)c1. The number of aryl methyl sites for hydroxylation is 2. The Labute approximate surface area is 191 Å². The van der Waals surface area contributed by atoms with E-state index < -0.39 is 10.0 Å². The number of sulfonamides is 1. The number of carbonyl (C=O) groups is 1. The molecule has 0 aromatic heterocycles. The standard InChI is InChI=1S/C23H20ClN3O4S/c1-14-3-4-16(10-22(14)31-19-9-17(13-25)8-18(24)12-19)11-23(28)27-21-6-5-20(7-15(21)2)32(26,29)30/h3-10,12H,11H2,1-2H3,(H,27,28)(H2,26,29,30). The van der Waals surface area contributed by atoms with E-state index in [1.54, 1.807) is 31.2 Å². The van der Waals surface area contributed by atoms with Crippen molar-refractivity contribution < 1.29 is 17.9 Å². The van der Waals surface area contributed by atoms with E-state index in [9.17, 15) is 13.2 Å². The van der Waals surface area contributed by atoms with Crippen molar-refractivity contribution in [2.24, 2.45) is 5.14 Å². The molecule has 3 rings (SSSR count). The number of amides is 1. The molecular weight excluding hydrogens is 450 g/mol. The second-order valence-electron chi connectivity index (χ2n) is 7.24. The molecule has 0 saturated carbocycles. The number of benzene rings is 3. The second kappa shape index (κ2) is 9.40. The van der Waals surface area contributed by atoms with Crippen LogP contribution < -0.4 is 15.2 Å². The molecule has 0 atom stereocenters. The van der Waals surface area contributed by atoms with Gasteiger partial charge in [-0.05, 0) is 73.0 Å². The summed E-state index contributed by atoms with van der Waals surface area (Å²) in [7, 11) is -3.81. The summed E-state index contributed by atoms with van der Waals surface area (Å²) in [6.45, 7) is 3.55. The zero-order valence-corrected chi connectivity index (χ0v) is 18.9. The molecule has 0 spiro atoms. The van der Waals surface area contributed by atoms with Crippen molar-refractivity contribution in [3.8, 4) is 17.6 Å². The van der Waals surface area contributed by atoms with Crippen molar-refractivity contribution in [1.82, 2.24) is 0 Å². The van der Waals surface area contributed by atoms with Gasteiger partial charge in [0.2, 0.25) is 15.9 Å². The van der Waals surface area contributed by atoms with Crippen LogP contribution in [0.3, 0.4) is 0 Å². The maximum absolute atomic E-state index is 12.6. The van der Waals surface area contributed by atoms with E-state index in [2.05, 4.69) is 5.32 Å². The molecule has 3 aromatic rings. The van der Waals surface area contributed by atoms with Gasteiger partial charge in [-0.25, -0.2) is 13.6 Å². The molecule has 0 aliphatic rings. The minimum Gasteiger partial charge on any atom is -0.457 e. The average Bonchev–Trinajstić information content (AvgIpc) is 2.70. The summed E-state index contributed by atoms with van der Waals surface area (Å²) < 4.78 is 28.8. The quantitative estimate of drug-likeness (QED) is 0.552. The lowest BCUT2D eigenvalue weighted by atomic mass is 10.1. The van der Waals surface area contributed by atoms with Crippen molar-refractivity contribution in [2.45, 2.75) is 25.2 Å². The minimum absolute atomic E-state index is 0.0195. The van der Waals surface area contributed by atoms with Crippen LogP contribution in [0.5, 0.6) is 11.5 Å². The van der Waals surface area contributed by atoms with Gasteiger partial charge in [-0.3, -0.25) is 4.79 Å². The van der Waals surface area contributed by atoms with Gasteiger partial charge in [-0.2, -0.15) is 5.26 Å². The van der Waals surface area contributed by atoms with Crippen LogP contribution in [-0.2, 0) is 21.2 Å². The summed E-state index contributed by atoms with van der Waals surface area (Å²) in [5.41, 5.74) is 3.01. The predicted molar refractivity (Wildman–Crippen MR) is 122 cm³/mol.